The van der Waals surface area contributed by atoms with Gasteiger partial charge in [-0.2, -0.15) is 10.1 Å². The number of nitrogen functional groups attached to an aromatic ring is 1. The molecule has 0 atom stereocenters. The lowest BCUT2D eigenvalue weighted by Gasteiger charge is -2.07. The second-order valence-corrected chi connectivity index (χ2v) is 7.00. The van der Waals surface area contributed by atoms with Crippen LogP contribution in [-0.2, 0) is 6.54 Å². The number of aromatic nitrogens is 4. The number of amides is 1. The maximum atomic E-state index is 12.4. The zero-order valence-corrected chi connectivity index (χ0v) is 17.1. The second-order valence-electron chi connectivity index (χ2n) is 6.57. The Labute approximate surface area is 182 Å². The number of nitrogens with one attached hydrogen (secondary N) is 1. The largest absolute Gasteiger partial charge is 0.492 e. The fourth-order valence-electron chi connectivity index (χ4n) is 2.84. The fourth-order valence-corrected chi connectivity index (χ4v) is 3.02. The van der Waals surface area contributed by atoms with E-state index in [0.717, 1.165) is 5.56 Å². The van der Waals surface area contributed by atoms with Gasteiger partial charge in [-0.05, 0) is 18.2 Å². The lowest BCUT2D eigenvalue weighted by Crippen LogP contribution is -2.28. The molecule has 0 saturated carbocycles. The number of hydrogen-bond acceptors (Lipinski definition) is 7. The minimum absolute atomic E-state index is 0.107. The van der Waals surface area contributed by atoms with Crippen LogP contribution in [-0.4, -0.2) is 39.0 Å². The average molecular weight is 439 g/mol. The molecule has 0 aliphatic carbocycles. The van der Waals surface area contributed by atoms with Crippen LogP contribution >= 0.6 is 11.6 Å². The van der Waals surface area contributed by atoms with Crippen molar-refractivity contribution < 1.29 is 14.1 Å². The van der Waals surface area contributed by atoms with Gasteiger partial charge >= 0.3 is 0 Å². The van der Waals surface area contributed by atoms with Crippen molar-refractivity contribution in [2.75, 3.05) is 18.9 Å². The highest BCUT2D eigenvalue weighted by Crippen LogP contribution is 2.17. The van der Waals surface area contributed by atoms with Gasteiger partial charge in [0.05, 0.1) is 6.54 Å². The number of nitrogens with two attached hydrogens (primary N) is 1. The number of anilines is 1. The molecule has 4 aromatic rings. The first kappa shape index (κ1) is 20.4. The minimum atomic E-state index is -0.353. The van der Waals surface area contributed by atoms with Gasteiger partial charge in [-0.25, -0.2) is 0 Å². The van der Waals surface area contributed by atoms with Crippen molar-refractivity contribution in [1.82, 2.24) is 25.2 Å². The van der Waals surface area contributed by atoms with E-state index in [1.807, 2.05) is 30.3 Å². The molecule has 158 valence electrons. The summed E-state index contributed by atoms with van der Waals surface area (Å²) in [6.07, 6.45) is 1.54. The van der Waals surface area contributed by atoms with E-state index in [4.69, 9.17) is 26.6 Å². The number of benzene rings is 2. The minimum Gasteiger partial charge on any atom is -0.492 e. The van der Waals surface area contributed by atoms with Gasteiger partial charge in [-0.1, -0.05) is 53.2 Å². The zero-order valence-electron chi connectivity index (χ0n) is 16.4. The molecule has 0 aliphatic rings. The van der Waals surface area contributed by atoms with E-state index in [2.05, 4.69) is 20.6 Å². The Hall–Kier alpha value is -3.85. The fraction of sp³-hybridized carbons (Fsp3) is 0.143. The van der Waals surface area contributed by atoms with Crippen LogP contribution in [0.25, 0.3) is 11.4 Å². The Morgan fingerprint density at radius 2 is 2.03 bits per heavy atom. The lowest BCUT2D eigenvalue weighted by atomic mass is 10.2. The number of carbonyl (C=O) groups excluding carboxylic acids is 1. The Kier molecular flexibility index (Phi) is 6.13. The molecule has 2 aromatic carbocycles. The molecular weight excluding hydrogens is 420 g/mol. The summed E-state index contributed by atoms with van der Waals surface area (Å²) < 4.78 is 12.3. The Morgan fingerprint density at radius 1 is 1.19 bits per heavy atom. The molecule has 0 saturated heterocycles. The van der Waals surface area contributed by atoms with Crippen LogP contribution < -0.4 is 15.8 Å². The van der Waals surface area contributed by atoms with E-state index in [-0.39, 0.29) is 30.4 Å². The monoisotopic (exact) mass is 438 g/mol. The molecule has 2 aromatic heterocycles. The highest BCUT2D eigenvalue weighted by Gasteiger charge is 2.16. The first-order chi connectivity index (χ1) is 15.1. The van der Waals surface area contributed by atoms with E-state index in [0.29, 0.717) is 29.0 Å². The van der Waals surface area contributed by atoms with Gasteiger partial charge in [0.1, 0.15) is 24.5 Å². The van der Waals surface area contributed by atoms with Crippen LogP contribution in [0.3, 0.4) is 0 Å². The molecule has 4 rings (SSSR count). The van der Waals surface area contributed by atoms with Gasteiger partial charge in [0.15, 0.2) is 5.82 Å². The number of rotatable bonds is 8. The van der Waals surface area contributed by atoms with Crippen LogP contribution in [0.4, 0.5) is 5.82 Å². The summed E-state index contributed by atoms with van der Waals surface area (Å²) in [6.45, 7) is 0.764. The van der Waals surface area contributed by atoms with Gasteiger partial charge in [-0.15, -0.1) is 0 Å². The van der Waals surface area contributed by atoms with E-state index in [9.17, 15) is 4.79 Å². The summed E-state index contributed by atoms with van der Waals surface area (Å²) in [6, 6.07) is 16.5. The van der Waals surface area contributed by atoms with Crippen molar-refractivity contribution >= 4 is 23.3 Å². The van der Waals surface area contributed by atoms with E-state index < -0.39 is 0 Å². The highest BCUT2D eigenvalue weighted by molar-refractivity contribution is 6.30. The quantitative estimate of drug-likeness (QED) is 0.405. The van der Waals surface area contributed by atoms with Crippen molar-refractivity contribution in [2.24, 2.45) is 0 Å². The summed E-state index contributed by atoms with van der Waals surface area (Å²) in [5.74, 6) is 1.21. The summed E-state index contributed by atoms with van der Waals surface area (Å²) in [5, 5.41) is 11.4. The molecule has 0 bridgehead atoms. The molecule has 9 nitrogen and oxygen atoms in total. The third-order valence-electron chi connectivity index (χ3n) is 4.28. The maximum Gasteiger partial charge on any atom is 0.256 e. The molecule has 10 heteroatoms. The van der Waals surface area contributed by atoms with Gasteiger partial charge in [-0.3, -0.25) is 9.48 Å². The standard InChI is InChI=1S/C21H19ClN6O3/c22-15-7-4-8-16(11-15)30-10-9-24-21(29)17-12-28(26-19(17)23)13-18-25-20(27-31-18)14-5-2-1-3-6-14/h1-8,11-12H,9-10,13H2,(H2,23,26)(H,24,29). The van der Waals surface area contributed by atoms with Crippen molar-refractivity contribution in [2.45, 2.75) is 6.54 Å². The molecule has 3 N–H and O–H groups in total. The van der Waals surface area contributed by atoms with Gasteiger partial charge in [0.25, 0.3) is 5.91 Å². The summed E-state index contributed by atoms with van der Waals surface area (Å²) in [7, 11) is 0. The highest BCUT2D eigenvalue weighted by atomic mass is 35.5. The van der Waals surface area contributed by atoms with Crippen LogP contribution in [0, 0.1) is 0 Å². The van der Waals surface area contributed by atoms with Crippen LogP contribution in [0.5, 0.6) is 5.75 Å². The van der Waals surface area contributed by atoms with Gasteiger partial charge in [0, 0.05) is 16.8 Å². The van der Waals surface area contributed by atoms with Crippen LogP contribution in [0.1, 0.15) is 16.2 Å². The third-order valence-corrected chi connectivity index (χ3v) is 4.52. The second kappa shape index (κ2) is 9.31. The average Bonchev–Trinajstić information content (AvgIpc) is 3.38. The summed E-state index contributed by atoms with van der Waals surface area (Å²) in [5.41, 5.74) is 7.00. The van der Waals surface area contributed by atoms with E-state index in [1.54, 1.807) is 24.3 Å². The Morgan fingerprint density at radius 3 is 2.84 bits per heavy atom. The van der Waals surface area contributed by atoms with Crippen LogP contribution in [0.2, 0.25) is 5.02 Å². The SMILES string of the molecule is Nc1nn(Cc2nc(-c3ccccc3)no2)cc1C(=O)NCCOc1cccc(Cl)c1. The Balaban J connectivity index is 1.32. The number of hydrogen-bond donors (Lipinski definition) is 2. The van der Waals surface area contributed by atoms with Crippen LogP contribution in [0.15, 0.2) is 65.3 Å². The molecule has 0 unspecified atom stereocenters. The predicted molar refractivity (Wildman–Crippen MR) is 115 cm³/mol. The molecule has 0 spiro atoms. The van der Waals surface area contributed by atoms with Gasteiger partial charge in [0.2, 0.25) is 11.7 Å². The first-order valence-corrected chi connectivity index (χ1v) is 9.84. The predicted octanol–water partition coefficient (Wildman–Crippen LogP) is 3.03. The van der Waals surface area contributed by atoms with Crippen molar-refractivity contribution in [1.29, 1.82) is 0 Å². The Bertz CT molecular complexity index is 1170. The van der Waals surface area contributed by atoms with E-state index >= 15 is 0 Å². The normalized spacial score (nSPS) is 10.7. The zero-order chi connectivity index (χ0) is 21.6. The van der Waals surface area contributed by atoms with Gasteiger partial charge < -0.3 is 20.3 Å². The van der Waals surface area contributed by atoms with Crippen molar-refractivity contribution in [3.05, 3.63) is 77.3 Å². The summed E-state index contributed by atoms with van der Waals surface area (Å²) >= 11 is 5.91. The molecule has 0 radical (unpaired) electrons. The topological polar surface area (TPSA) is 121 Å². The van der Waals surface area contributed by atoms with Crippen molar-refractivity contribution in [3.8, 4) is 17.1 Å². The molecule has 31 heavy (non-hydrogen) atoms. The third kappa shape index (κ3) is 5.20. The molecule has 1 amide bonds. The number of carbonyl (C=O) groups is 1. The molecule has 0 aliphatic heterocycles. The lowest BCUT2D eigenvalue weighted by molar-refractivity contribution is 0.0947. The molecule has 0 fully saturated rings. The number of nitrogens with zero attached hydrogens (tertiary/aromatic N) is 4. The maximum absolute atomic E-state index is 12.4. The summed E-state index contributed by atoms with van der Waals surface area (Å²) in [4.78, 5) is 16.8. The molecular formula is C21H19ClN6O3. The van der Waals surface area contributed by atoms with Crippen molar-refractivity contribution in [3.63, 3.8) is 0 Å². The number of halogens is 1. The first-order valence-electron chi connectivity index (χ1n) is 9.46. The van der Waals surface area contributed by atoms with E-state index in [1.165, 1.54) is 10.9 Å². The smallest absolute Gasteiger partial charge is 0.256 e. The number of ether oxygens (including phenoxy) is 1. The molecule has 2 heterocycles.